The Morgan fingerprint density at radius 1 is 1.18 bits per heavy atom. The molecule has 118 valence electrons. The molecule has 0 saturated carbocycles. The lowest BCUT2D eigenvalue weighted by Gasteiger charge is -2.12. The van der Waals surface area contributed by atoms with Crippen LogP contribution >= 0.6 is 23.4 Å². The van der Waals surface area contributed by atoms with Gasteiger partial charge in [-0.3, -0.25) is 0 Å². The molecule has 7 heteroatoms. The summed E-state index contributed by atoms with van der Waals surface area (Å²) in [5.74, 6) is 1.21. The van der Waals surface area contributed by atoms with Crippen molar-refractivity contribution < 1.29 is 12.8 Å². The molecular formula is C15H16ClNO3S2. The molecule has 1 aliphatic rings. The van der Waals surface area contributed by atoms with Crippen molar-refractivity contribution >= 4 is 33.4 Å². The number of sulfonamides is 1. The van der Waals surface area contributed by atoms with Crippen molar-refractivity contribution in [2.24, 2.45) is 0 Å². The topological polar surface area (TPSA) is 50.5 Å². The fourth-order valence-electron chi connectivity index (χ4n) is 2.34. The fraction of sp³-hybridized carbons (Fsp3) is 0.333. The summed E-state index contributed by atoms with van der Waals surface area (Å²) in [4.78, 5) is 1.02. The number of thioether (sulfide) groups is 1. The van der Waals surface area contributed by atoms with Crippen LogP contribution in [0.15, 0.2) is 50.8 Å². The van der Waals surface area contributed by atoms with Gasteiger partial charge in [-0.25, -0.2) is 8.42 Å². The van der Waals surface area contributed by atoms with Gasteiger partial charge in [0.05, 0.1) is 5.75 Å². The van der Waals surface area contributed by atoms with Gasteiger partial charge >= 0.3 is 0 Å². The predicted molar refractivity (Wildman–Crippen MR) is 87.7 cm³/mol. The van der Waals surface area contributed by atoms with Gasteiger partial charge in [-0.2, -0.15) is 4.31 Å². The van der Waals surface area contributed by atoms with Gasteiger partial charge in [0.1, 0.15) is 5.76 Å². The van der Waals surface area contributed by atoms with E-state index in [1.54, 1.807) is 23.9 Å². The van der Waals surface area contributed by atoms with Crippen LogP contribution in [0, 0.1) is 0 Å². The van der Waals surface area contributed by atoms with Crippen LogP contribution in [0.1, 0.15) is 18.6 Å². The van der Waals surface area contributed by atoms with Gasteiger partial charge < -0.3 is 4.42 Å². The summed E-state index contributed by atoms with van der Waals surface area (Å²) in [5, 5.41) is 0.720. The number of hydrogen-bond donors (Lipinski definition) is 0. The number of hydrogen-bond acceptors (Lipinski definition) is 4. The van der Waals surface area contributed by atoms with Crippen LogP contribution in [-0.2, 0) is 15.8 Å². The molecule has 0 spiro atoms. The van der Waals surface area contributed by atoms with E-state index < -0.39 is 10.0 Å². The average Bonchev–Trinajstić information content (AvgIpc) is 3.17. The molecule has 0 bridgehead atoms. The zero-order valence-electron chi connectivity index (χ0n) is 11.9. The Hall–Kier alpha value is -0.950. The molecule has 2 heterocycles. The van der Waals surface area contributed by atoms with E-state index in [0.717, 1.165) is 17.7 Å². The highest BCUT2D eigenvalue weighted by molar-refractivity contribution is 7.98. The number of nitrogens with zero attached hydrogens (tertiary/aromatic N) is 1. The second-order valence-corrected chi connectivity index (χ2v) is 8.43. The van der Waals surface area contributed by atoms with Gasteiger partial charge in [0.15, 0.2) is 0 Å². The van der Waals surface area contributed by atoms with E-state index >= 15 is 0 Å². The third-order valence-corrected chi connectivity index (χ3v) is 6.50. The maximum Gasteiger partial charge on any atom is 0.276 e. The van der Waals surface area contributed by atoms with Gasteiger partial charge in [0, 0.05) is 23.0 Å². The minimum Gasteiger partial charge on any atom is -0.447 e. The Bertz CT molecular complexity index is 752. The average molecular weight is 358 g/mol. The first kappa shape index (κ1) is 15.9. The molecule has 4 nitrogen and oxygen atoms in total. The Kier molecular flexibility index (Phi) is 4.82. The fourth-order valence-corrected chi connectivity index (χ4v) is 4.89. The van der Waals surface area contributed by atoms with Crippen LogP contribution in [-0.4, -0.2) is 25.8 Å². The van der Waals surface area contributed by atoms with Gasteiger partial charge in [-0.15, -0.1) is 11.8 Å². The summed E-state index contributed by atoms with van der Waals surface area (Å²) in [6.07, 6.45) is 1.83. The van der Waals surface area contributed by atoms with Gasteiger partial charge in [0.25, 0.3) is 10.0 Å². The highest BCUT2D eigenvalue weighted by Crippen LogP contribution is 2.28. The number of benzene rings is 1. The van der Waals surface area contributed by atoms with Crippen LogP contribution < -0.4 is 0 Å². The summed E-state index contributed by atoms with van der Waals surface area (Å²) in [5.41, 5.74) is 0. The normalized spacial score (nSPS) is 16.2. The van der Waals surface area contributed by atoms with Crippen molar-refractivity contribution in [2.75, 3.05) is 13.1 Å². The Morgan fingerprint density at radius 2 is 1.95 bits per heavy atom. The summed E-state index contributed by atoms with van der Waals surface area (Å²) in [6, 6.07) is 10.8. The highest BCUT2D eigenvalue weighted by atomic mass is 35.5. The van der Waals surface area contributed by atoms with Gasteiger partial charge in [-0.1, -0.05) is 17.7 Å². The van der Waals surface area contributed by atoms with Crippen molar-refractivity contribution in [1.29, 1.82) is 0 Å². The Morgan fingerprint density at radius 3 is 2.68 bits per heavy atom. The van der Waals surface area contributed by atoms with Crippen LogP contribution in [0.3, 0.4) is 0 Å². The smallest absolute Gasteiger partial charge is 0.276 e. The van der Waals surface area contributed by atoms with Gasteiger partial charge in [0.2, 0.25) is 5.09 Å². The van der Waals surface area contributed by atoms with Crippen LogP contribution in [0.5, 0.6) is 0 Å². The maximum atomic E-state index is 12.4. The minimum atomic E-state index is -3.47. The third kappa shape index (κ3) is 3.51. The largest absolute Gasteiger partial charge is 0.447 e. The van der Waals surface area contributed by atoms with E-state index in [0.29, 0.717) is 29.6 Å². The molecular weight excluding hydrogens is 342 g/mol. The van der Waals surface area contributed by atoms with E-state index in [1.807, 2.05) is 24.3 Å². The first-order valence-electron chi connectivity index (χ1n) is 7.03. The standard InChI is InChI=1S/C15H16ClNO3S2/c16-12-4-3-5-14(10-12)21-11-13-6-7-15(20-13)22(18,19)17-8-1-2-9-17/h3-7,10H,1-2,8-9,11H2. The third-order valence-electron chi connectivity index (χ3n) is 3.47. The summed E-state index contributed by atoms with van der Waals surface area (Å²) >= 11 is 7.50. The Balaban J connectivity index is 1.68. The molecule has 0 radical (unpaired) electrons. The monoisotopic (exact) mass is 357 g/mol. The van der Waals surface area contributed by atoms with E-state index in [2.05, 4.69) is 0 Å². The molecule has 1 aliphatic heterocycles. The molecule has 3 rings (SSSR count). The van der Waals surface area contributed by atoms with Gasteiger partial charge in [-0.05, 0) is 43.2 Å². The maximum absolute atomic E-state index is 12.4. The highest BCUT2D eigenvalue weighted by Gasteiger charge is 2.29. The SMILES string of the molecule is O=S(=O)(c1ccc(CSc2cccc(Cl)c2)o1)N1CCCC1. The first-order valence-corrected chi connectivity index (χ1v) is 9.83. The molecule has 1 aromatic heterocycles. The van der Waals surface area contributed by atoms with Crippen molar-refractivity contribution in [3.63, 3.8) is 0 Å². The minimum absolute atomic E-state index is 0.0381. The van der Waals surface area contributed by atoms with E-state index in [1.165, 1.54) is 4.31 Å². The van der Waals surface area contributed by atoms with Crippen molar-refractivity contribution in [3.8, 4) is 0 Å². The number of halogens is 1. The van der Waals surface area contributed by atoms with E-state index in [-0.39, 0.29) is 5.09 Å². The molecule has 0 atom stereocenters. The quantitative estimate of drug-likeness (QED) is 0.758. The lowest BCUT2D eigenvalue weighted by Crippen LogP contribution is -2.27. The molecule has 1 aromatic carbocycles. The number of furan rings is 1. The molecule has 2 aromatic rings. The lowest BCUT2D eigenvalue weighted by atomic mass is 10.4. The van der Waals surface area contributed by atoms with Crippen LogP contribution in [0.2, 0.25) is 5.02 Å². The van der Waals surface area contributed by atoms with Crippen LogP contribution in [0.25, 0.3) is 0 Å². The number of rotatable bonds is 5. The zero-order chi connectivity index (χ0) is 15.6. The second-order valence-electron chi connectivity index (χ2n) is 5.08. The lowest BCUT2D eigenvalue weighted by molar-refractivity contribution is 0.397. The zero-order valence-corrected chi connectivity index (χ0v) is 14.3. The van der Waals surface area contributed by atoms with E-state index in [9.17, 15) is 8.42 Å². The molecule has 22 heavy (non-hydrogen) atoms. The van der Waals surface area contributed by atoms with Crippen molar-refractivity contribution in [2.45, 2.75) is 28.6 Å². The van der Waals surface area contributed by atoms with E-state index in [4.69, 9.17) is 16.0 Å². The van der Waals surface area contributed by atoms with Crippen molar-refractivity contribution in [3.05, 3.63) is 47.2 Å². The summed E-state index contributed by atoms with van der Waals surface area (Å²) in [6.45, 7) is 1.16. The predicted octanol–water partition coefficient (Wildman–Crippen LogP) is 4.01. The van der Waals surface area contributed by atoms with Crippen molar-refractivity contribution in [1.82, 2.24) is 4.31 Å². The second kappa shape index (κ2) is 6.66. The molecule has 0 N–H and O–H groups in total. The molecule has 0 aliphatic carbocycles. The molecule has 0 unspecified atom stereocenters. The molecule has 1 saturated heterocycles. The summed E-state index contributed by atoms with van der Waals surface area (Å²) < 4.78 is 31.8. The molecule has 0 amide bonds. The molecule has 1 fully saturated rings. The van der Waals surface area contributed by atoms with Crippen LogP contribution in [0.4, 0.5) is 0 Å². The Labute approximate surface area is 139 Å². The summed E-state index contributed by atoms with van der Waals surface area (Å²) in [7, 11) is -3.47. The first-order chi connectivity index (χ1) is 10.6.